The zero-order valence-electron chi connectivity index (χ0n) is 8.26. The van der Waals surface area contributed by atoms with Gasteiger partial charge in [0.1, 0.15) is 5.15 Å². The van der Waals surface area contributed by atoms with Crippen LogP contribution in [-0.2, 0) is 0 Å². The summed E-state index contributed by atoms with van der Waals surface area (Å²) in [5, 5.41) is 0.287. The van der Waals surface area contributed by atoms with Crippen LogP contribution in [0.25, 0.3) is 0 Å². The quantitative estimate of drug-likeness (QED) is 0.493. The Kier molecular flexibility index (Phi) is 4.52. The number of hydrogen-bond donors (Lipinski definition) is 2. The molecule has 3 nitrogen and oxygen atoms in total. The Morgan fingerprint density at radius 2 is 2.12 bits per heavy atom. The van der Waals surface area contributed by atoms with Crippen molar-refractivity contribution in [3.63, 3.8) is 0 Å². The van der Waals surface area contributed by atoms with E-state index in [2.05, 4.69) is 10.4 Å². The first-order valence-corrected chi connectivity index (χ1v) is 4.94. The van der Waals surface area contributed by atoms with Crippen molar-refractivity contribution < 1.29 is 13.2 Å². The third-order valence-electron chi connectivity index (χ3n) is 2.07. The second kappa shape index (κ2) is 5.47. The maximum atomic E-state index is 12.0. The van der Waals surface area contributed by atoms with E-state index in [4.69, 9.17) is 17.4 Å². The van der Waals surface area contributed by atoms with E-state index >= 15 is 0 Å². The molecule has 0 bridgehead atoms. The molecular formula is C9H11ClF3N3. The van der Waals surface area contributed by atoms with E-state index < -0.39 is 18.6 Å². The lowest BCUT2D eigenvalue weighted by Gasteiger charge is -2.16. The number of nitrogens with two attached hydrogens (primary N) is 1. The highest BCUT2D eigenvalue weighted by Gasteiger charge is 2.28. The molecule has 0 aromatic carbocycles. The molecule has 1 atom stereocenters. The molecule has 0 aliphatic rings. The fourth-order valence-corrected chi connectivity index (χ4v) is 1.36. The molecular weight excluding hydrogens is 243 g/mol. The van der Waals surface area contributed by atoms with Gasteiger partial charge in [-0.1, -0.05) is 17.7 Å². The molecule has 7 heteroatoms. The Bertz CT molecular complexity index is 326. The Morgan fingerprint density at radius 3 is 2.56 bits per heavy atom. The molecule has 3 N–H and O–H groups in total. The molecule has 1 unspecified atom stereocenters. The van der Waals surface area contributed by atoms with Gasteiger partial charge in [0.25, 0.3) is 0 Å². The third-order valence-corrected chi connectivity index (χ3v) is 2.29. The van der Waals surface area contributed by atoms with Gasteiger partial charge in [0.15, 0.2) is 0 Å². The van der Waals surface area contributed by atoms with Gasteiger partial charge in [-0.3, -0.25) is 11.3 Å². The highest BCUT2D eigenvalue weighted by molar-refractivity contribution is 6.29. The number of aromatic nitrogens is 1. The zero-order valence-corrected chi connectivity index (χ0v) is 9.02. The number of pyridine rings is 1. The molecule has 0 aliphatic carbocycles. The van der Waals surface area contributed by atoms with Gasteiger partial charge >= 0.3 is 6.18 Å². The minimum atomic E-state index is -4.19. The number of nitrogens with zero attached hydrogens (tertiary/aromatic N) is 1. The fraction of sp³-hybridized carbons (Fsp3) is 0.444. The minimum absolute atomic E-state index is 0.136. The van der Waals surface area contributed by atoms with Crippen LogP contribution in [0, 0.1) is 0 Å². The topological polar surface area (TPSA) is 50.9 Å². The van der Waals surface area contributed by atoms with Crippen molar-refractivity contribution in [2.24, 2.45) is 5.84 Å². The van der Waals surface area contributed by atoms with Crippen LogP contribution < -0.4 is 11.3 Å². The van der Waals surface area contributed by atoms with Crippen molar-refractivity contribution in [1.29, 1.82) is 0 Å². The molecule has 0 radical (unpaired) electrons. The van der Waals surface area contributed by atoms with E-state index in [1.807, 2.05) is 0 Å². The van der Waals surface area contributed by atoms with Gasteiger partial charge in [0.2, 0.25) is 0 Å². The van der Waals surface area contributed by atoms with Crippen LogP contribution in [0.5, 0.6) is 0 Å². The maximum Gasteiger partial charge on any atom is 0.389 e. The molecule has 90 valence electrons. The van der Waals surface area contributed by atoms with Gasteiger partial charge in [-0.05, 0) is 18.1 Å². The highest BCUT2D eigenvalue weighted by atomic mass is 35.5. The average Bonchev–Trinajstić information content (AvgIpc) is 2.20. The molecule has 0 amide bonds. The lowest BCUT2D eigenvalue weighted by molar-refractivity contribution is -0.136. The van der Waals surface area contributed by atoms with Crippen molar-refractivity contribution >= 4 is 11.6 Å². The summed E-state index contributed by atoms with van der Waals surface area (Å²) in [4.78, 5) is 3.78. The molecule has 0 aliphatic heterocycles. The van der Waals surface area contributed by atoms with Gasteiger partial charge < -0.3 is 0 Å². The molecule has 1 aromatic rings. The first kappa shape index (κ1) is 13.2. The van der Waals surface area contributed by atoms with Crippen LogP contribution in [0.2, 0.25) is 5.15 Å². The van der Waals surface area contributed by atoms with Crippen LogP contribution in [0.1, 0.15) is 24.4 Å². The molecule has 1 aromatic heterocycles. The van der Waals surface area contributed by atoms with E-state index in [-0.39, 0.29) is 11.6 Å². The summed E-state index contributed by atoms with van der Waals surface area (Å²) in [7, 11) is 0. The molecule has 1 rings (SSSR count). The predicted octanol–water partition coefficient (Wildman–Crippen LogP) is 2.58. The first-order chi connectivity index (χ1) is 7.42. The number of alkyl halides is 3. The lowest BCUT2D eigenvalue weighted by Crippen LogP contribution is -2.29. The Balaban J connectivity index is 2.64. The largest absolute Gasteiger partial charge is 0.389 e. The Labute approximate surface area is 95.8 Å². The van der Waals surface area contributed by atoms with Crippen molar-refractivity contribution in [1.82, 2.24) is 10.4 Å². The van der Waals surface area contributed by atoms with Gasteiger partial charge in [-0.15, -0.1) is 0 Å². The summed E-state index contributed by atoms with van der Waals surface area (Å²) in [6.07, 6.45) is -3.81. The number of halogens is 4. The van der Waals surface area contributed by atoms with E-state index in [0.29, 0.717) is 5.56 Å². The zero-order chi connectivity index (χ0) is 12.2. The minimum Gasteiger partial charge on any atom is -0.271 e. The molecule has 16 heavy (non-hydrogen) atoms. The van der Waals surface area contributed by atoms with Gasteiger partial charge in [0.05, 0.1) is 0 Å². The number of hydrazine groups is 1. The van der Waals surface area contributed by atoms with Crippen LogP contribution in [0.15, 0.2) is 18.3 Å². The summed E-state index contributed by atoms with van der Waals surface area (Å²) in [5.41, 5.74) is 2.91. The Morgan fingerprint density at radius 1 is 1.44 bits per heavy atom. The summed E-state index contributed by atoms with van der Waals surface area (Å²) >= 11 is 5.57. The second-order valence-electron chi connectivity index (χ2n) is 3.29. The van der Waals surface area contributed by atoms with E-state index in [9.17, 15) is 13.2 Å². The van der Waals surface area contributed by atoms with E-state index in [0.717, 1.165) is 0 Å². The third kappa shape index (κ3) is 4.34. The normalized spacial score (nSPS) is 13.8. The highest BCUT2D eigenvalue weighted by Crippen LogP contribution is 2.27. The van der Waals surface area contributed by atoms with E-state index in [1.54, 1.807) is 6.07 Å². The number of rotatable bonds is 4. The van der Waals surface area contributed by atoms with Crippen LogP contribution >= 0.6 is 11.6 Å². The van der Waals surface area contributed by atoms with Crippen LogP contribution in [0.4, 0.5) is 13.2 Å². The summed E-state index contributed by atoms with van der Waals surface area (Å²) in [6, 6.07) is 2.52. The molecule has 0 saturated carbocycles. The van der Waals surface area contributed by atoms with Gasteiger partial charge in [-0.2, -0.15) is 13.2 Å². The predicted molar refractivity (Wildman–Crippen MR) is 54.6 cm³/mol. The number of hydrogen-bond acceptors (Lipinski definition) is 3. The summed E-state index contributed by atoms with van der Waals surface area (Å²) in [6.45, 7) is 0. The second-order valence-corrected chi connectivity index (χ2v) is 3.67. The van der Waals surface area contributed by atoms with Gasteiger partial charge in [-0.25, -0.2) is 4.98 Å². The maximum absolute atomic E-state index is 12.0. The summed E-state index contributed by atoms with van der Waals surface area (Å²) < 4.78 is 36.1. The van der Waals surface area contributed by atoms with Crippen molar-refractivity contribution in [3.8, 4) is 0 Å². The molecule has 0 spiro atoms. The Hall–Kier alpha value is -0.850. The molecule has 1 heterocycles. The van der Waals surface area contributed by atoms with Gasteiger partial charge in [0, 0.05) is 18.7 Å². The molecule has 0 fully saturated rings. The summed E-state index contributed by atoms with van der Waals surface area (Å²) in [5.74, 6) is 5.19. The number of nitrogens with one attached hydrogen (secondary N) is 1. The van der Waals surface area contributed by atoms with Crippen LogP contribution in [0.3, 0.4) is 0 Å². The monoisotopic (exact) mass is 253 g/mol. The smallest absolute Gasteiger partial charge is 0.271 e. The fourth-order valence-electron chi connectivity index (χ4n) is 1.25. The lowest BCUT2D eigenvalue weighted by atomic mass is 10.0. The molecule has 0 saturated heterocycles. The first-order valence-electron chi connectivity index (χ1n) is 4.56. The van der Waals surface area contributed by atoms with Crippen molar-refractivity contribution in [2.45, 2.75) is 25.1 Å². The average molecular weight is 254 g/mol. The standard InChI is InChI=1S/C9H11ClF3N3/c10-8-2-1-6(5-15-8)7(16-14)3-4-9(11,12)13/h1-2,5,7,16H,3-4,14H2. The SMILES string of the molecule is NNC(CCC(F)(F)F)c1ccc(Cl)nc1. The van der Waals surface area contributed by atoms with Crippen molar-refractivity contribution in [3.05, 3.63) is 29.0 Å². The van der Waals surface area contributed by atoms with Crippen molar-refractivity contribution in [2.75, 3.05) is 0 Å². The van der Waals surface area contributed by atoms with E-state index in [1.165, 1.54) is 12.3 Å². The van der Waals surface area contributed by atoms with Crippen LogP contribution in [-0.4, -0.2) is 11.2 Å².